The molecule has 0 aliphatic carbocycles. The topological polar surface area (TPSA) is 35.3 Å². The Labute approximate surface area is 107 Å². The van der Waals surface area contributed by atoms with Gasteiger partial charge in [-0.3, -0.25) is 0 Å². The summed E-state index contributed by atoms with van der Waals surface area (Å²) in [5.41, 5.74) is 1.33. The first-order chi connectivity index (χ1) is 8.15. The highest BCUT2D eigenvalue weighted by Gasteiger charge is 2.14. The molecule has 0 amide bonds. The van der Waals surface area contributed by atoms with Gasteiger partial charge in [0, 0.05) is 12.5 Å². The molecule has 2 rings (SSSR count). The van der Waals surface area contributed by atoms with Crippen LogP contribution in [0.5, 0.6) is 5.75 Å². The number of rotatable bonds is 3. The lowest BCUT2D eigenvalue weighted by Crippen LogP contribution is -1.90. The summed E-state index contributed by atoms with van der Waals surface area (Å²) in [6.45, 7) is 1.76. The summed E-state index contributed by atoms with van der Waals surface area (Å²) < 4.78 is 23.9. The lowest BCUT2D eigenvalue weighted by Gasteiger charge is -2.03. The second-order valence-corrected chi connectivity index (χ2v) is 4.05. The molecule has 5 heteroatoms. The van der Waals surface area contributed by atoms with Crippen LogP contribution in [0.15, 0.2) is 22.6 Å². The molecule has 3 nitrogen and oxygen atoms in total. The van der Waals surface area contributed by atoms with Crippen molar-refractivity contribution in [1.82, 2.24) is 4.98 Å². The lowest BCUT2D eigenvalue weighted by atomic mass is 10.1. The highest BCUT2D eigenvalue weighted by molar-refractivity contribution is 9.08. The van der Waals surface area contributed by atoms with Gasteiger partial charge >= 0.3 is 0 Å². The number of methoxy groups -OCH3 is 1. The fraction of sp³-hybridized carbons (Fsp3) is 0.250. The number of benzene rings is 1. The fourth-order valence-corrected chi connectivity index (χ4v) is 1.98. The van der Waals surface area contributed by atoms with E-state index in [4.69, 9.17) is 9.15 Å². The minimum atomic E-state index is -0.411. The van der Waals surface area contributed by atoms with Crippen molar-refractivity contribution in [2.24, 2.45) is 0 Å². The van der Waals surface area contributed by atoms with Crippen molar-refractivity contribution in [2.75, 3.05) is 7.11 Å². The Morgan fingerprint density at radius 2 is 2.24 bits per heavy atom. The van der Waals surface area contributed by atoms with E-state index in [9.17, 15) is 4.39 Å². The number of nitrogens with zero attached hydrogens (tertiary/aromatic N) is 1. The molecule has 1 aromatic heterocycles. The summed E-state index contributed by atoms with van der Waals surface area (Å²) in [6.07, 6.45) is 0. The molecule has 1 heterocycles. The van der Waals surface area contributed by atoms with Crippen LogP contribution in [-0.2, 0) is 5.33 Å². The summed E-state index contributed by atoms with van der Waals surface area (Å²) in [6, 6.07) is 4.72. The Bertz CT molecular complexity index is 539. The molecule has 0 radical (unpaired) electrons. The van der Waals surface area contributed by atoms with E-state index in [2.05, 4.69) is 20.9 Å². The normalized spacial score (nSPS) is 10.6. The number of alkyl halides is 1. The number of oxazole rings is 1. The molecule has 0 unspecified atom stereocenters. The average Bonchev–Trinajstić information content (AvgIpc) is 2.70. The molecular formula is C12H11BrFNO2. The van der Waals surface area contributed by atoms with Crippen molar-refractivity contribution in [2.45, 2.75) is 12.3 Å². The van der Waals surface area contributed by atoms with E-state index in [0.29, 0.717) is 28.2 Å². The quantitative estimate of drug-likeness (QED) is 0.811. The van der Waals surface area contributed by atoms with Gasteiger partial charge in [-0.1, -0.05) is 15.9 Å². The maximum atomic E-state index is 13.6. The van der Waals surface area contributed by atoms with E-state index in [0.717, 1.165) is 0 Å². The smallest absolute Gasteiger partial charge is 0.191 e. The Hall–Kier alpha value is -1.36. The average molecular weight is 300 g/mol. The molecule has 0 saturated heterocycles. The Morgan fingerprint density at radius 3 is 2.82 bits per heavy atom. The van der Waals surface area contributed by atoms with Crippen LogP contribution >= 0.6 is 15.9 Å². The van der Waals surface area contributed by atoms with Crippen molar-refractivity contribution >= 4 is 15.9 Å². The van der Waals surface area contributed by atoms with Crippen LogP contribution in [0.2, 0.25) is 0 Å². The second kappa shape index (κ2) is 4.87. The van der Waals surface area contributed by atoms with Crippen molar-refractivity contribution in [3.8, 4) is 17.0 Å². The highest BCUT2D eigenvalue weighted by atomic mass is 79.9. The van der Waals surface area contributed by atoms with Gasteiger partial charge in [0.2, 0.25) is 0 Å². The van der Waals surface area contributed by atoms with Crippen molar-refractivity contribution in [3.05, 3.63) is 35.7 Å². The zero-order valence-electron chi connectivity index (χ0n) is 9.46. The maximum Gasteiger partial charge on any atom is 0.191 e. The van der Waals surface area contributed by atoms with Gasteiger partial charge in [0.05, 0.1) is 12.4 Å². The van der Waals surface area contributed by atoms with Gasteiger partial charge in [-0.15, -0.1) is 0 Å². The lowest BCUT2D eigenvalue weighted by molar-refractivity contribution is 0.386. The van der Waals surface area contributed by atoms with E-state index < -0.39 is 5.82 Å². The van der Waals surface area contributed by atoms with Crippen molar-refractivity contribution in [1.29, 1.82) is 0 Å². The third kappa shape index (κ3) is 2.34. The van der Waals surface area contributed by atoms with Crippen LogP contribution in [0.3, 0.4) is 0 Å². The molecule has 0 bridgehead atoms. The van der Waals surface area contributed by atoms with Crippen LogP contribution < -0.4 is 4.74 Å². The highest BCUT2D eigenvalue weighted by Crippen LogP contribution is 2.29. The molecule has 0 N–H and O–H groups in total. The van der Waals surface area contributed by atoms with Gasteiger partial charge in [-0.25, -0.2) is 9.37 Å². The van der Waals surface area contributed by atoms with Crippen molar-refractivity contribution in [3.63, 3.8) is 0 Å². The van der Waals surface area contributed by atoms with Gasteiger partial charge in [0.25, 0.3) is 0 Å². The maximum absolute atomic E-state index is 13.6. The number of hydrogen-bond donors (Lipinski definition) is 0. The van der Waals surface area contributed by atoms with E-state index in [1.807, 2.05) is 0 Å². The molecule has 0 fully saturated rings. The number of aryl methyl sites for hydroxylation is 1. The molecule has 1 aromatic carbocycles. The minimum absolute atomic E-state index is 0.217. The predicted octanol–water partition coefficient (Wildman–Crippen LogP) is 3.69. The van der Waals surface area contributed by atoms with Gasteiger partial charge in [0.15, 0.2) is 17.5 Å². The minimum Gasteiger partial charge on any atom is -0.494 e. The molecule has 2 aromatic rings. The SMILES string of the molecule is COc1ccc(-c2nc(C)oc2CBr)cc1F. The van der Waals surface area contributed by atoms with E-state index in [1.54, 1.807) is 19.1 Å². The van der Waals surface area contributed by atoms with E-state index in [-0.39, 0.29) is 5.75 Å². The zero-order chi connectivity index (χ0) is 12.4. The van der Waals surface area contributed by atoms with Gasteiger partial charge in [-0.2, -0.15) is 0 Å². The first-order valence-electron chi connectivity index (χ1n) is 5.02. The number of aromatic nitrogens is 1. The molecule has 0 atom stereocenters. The molecule has 0 aliphatic heterocycles. The zero-order valence-corrected chi connectivity index (χ0v) is 11.0. The second-order valence-electron chi connectivity index (χ2n) is 3.49. The van der Waals surface area contributed by atoms with Gasteiger partial charge < -0.3 is 9.15 Å². The van der Waals surface area contributed by atoms with Crippen LogP contribution in [-0.4, -0.2) is 12.1 Å². The Morgan fingerprint density at radius 1 is 1.47 bits per heavy atom. The standard InChI is InChI=1S/C12H11BrFNO2/c1-7-15-12(11(6-13)17-7)8-3-4-10(16-2)9(14)5-8/h3-5H,6H2,1-2H3. The monoisotopic (exact) mass is 299 g/mol. The number of ether oxygens (including phenoxy) is 1. The summed E-state index contributed by atoms with van der Waals surface area (Å²) in [7, 11) is 1.43. The molecule has 0 spiro atoms. The van der Waals surface area contributed by atoms with Crippen LogP contribution in [0.25, 0.3) is 11.3 Å². The van der Waals surface area contributed by atoms with Gasteiger partial charge in [0.1, 0.15) is 11.5 Å². The first-order valence-corrected chi connectivity index (χ1v) is 6.14. The van der Waals surface area contributed by atoms with Crippen molar-refractivity contribution < 1.29 is 13.5 Å². The summed E-state index contributed by atoms with van der Waals surface area (Å²) in [5.74, 6) is 1.05. The van der Waals surface area contributed by atoms with Crippen LogP contribution in [0.4, 0.5) is 4.39 Å². The van der Waals surface area contributed by atoms with E-state index >= 15 is 0 Å². The predicted molar refractivity (Wildman–Crippen MR) is 65.8 cm³/mol. The molecule has 0 aliphatic rings. The van der Waals surface area contributed by atoms with Crippen LogP contribution in [0.1, 0.15) is 11.7 Å². The first kappa shape index (κ1) is 12.1. The summed E-state index contributed by atoms with van der Waals surface area (Å²) in [5, 5.41) is 0.539. The number of hydrogen-bond acceptors (Lipinski definition) is 3. The third-order valence-electron chi connectivity index (χ3n) is 2.35. The van der Waals surface area contributed by atoms with Gasteiger partial charge in [-0.05, 0) is 18.2 Å². The molecule has 90 valence electrons. The third-order valence-corrected chi connectivity index (χ3v) is 2.86. The molecule has 0 saturated carbocycles. The fourth-order valence-electron chi connectivity index (χ4n) is 1.60. The largest absolute Gasteiger partial charge is 0.494 e. The Balaban J connectivity index is 2.49. The van der Waals surface area contributed by atoms with Crippen LogP contribution in [0, 0.1) is 12.7 Å². The Kier molecular flexibility index (Phi) is 3.47. The molecule has 17 heavy (non-hydrogen) atoms. The molecular weight excluding hydrogens is 289 g/mol. The number of halogens is 2. The summed E-state index contributed by atoms with van der Waals surface area (Å²) >= 11 is 3.31. The summed E-state index contributed by atoms with van der Waals surface area (Å²) in [4.78, 5) is 4.24. The van der Waals surface area contributed by atoms with E-state index in [1.165, 1.54) is 13.2 Å².